The maximum absolute atomic E-state index is 12.6. The van der Waals surface area contributed by atoms with Gasteiger partial charge in [0.15, 0.2) is 6.10 Å². The molecule has 0 spiro atoms. The fourth-order valence-electron chi connectivity index (χ4n) is 0.748. The Morgan fingerprint density at radius 2 is 2.00 bits per heavy atom. The summed E-state index contributed by atoms with van der Waals surface area (Å²) in [6, 6.07) is 2.68. The molecule has 0 amide bonds. The molecule has 1 aromatic rings. The molecule has 88 valence electrons. The summed E-state index contributed by atoms with van der Waals surface area (Å²) in [6.07, 6.45) is -0.479. The summed E-state index contributed by atoms with van der Waals surface area (Å²) in [4.78, 5) is -4.45. The van der Waals surface area contributed by atoms with E-state index >= 15 is 0 Å². The number of hydrogen-bond acceptors (Lipinski definition) is 2. The molecule has 1 unspecified atom stereocenters. The highest BCUT2D eigenvalue weighted by Gasteiger charge is 2.53. The number of aliphatic hydroxyl groups excluding tert-OH is 1. The lowest BCUT2D eigenvalue weighted by Crippen LogP contribution is -2.33. The molecule has 1 atom stereocenters. The first-order chi connectivity index (χ1) is 7.24. The van der Waals surface area contributed by atoms with Crippen LogP contribution in [0.3, 0.4) is 0 Å². The molecule has 1 heterocycles. The van der Waals surface area contributed by atoms with Crippen molar-refractivity contribution in [3.8, 4) is 11.8 Å². The van der Waals surface area contributed by atoms with Gasteiger partial charge in [0.1, 0.15) is 5.76 Å². The van der Waals surface area contributed by atoms with Gasteiger partial charge >= 0.3 is 10.8 Å². The summed E-state index contributed by atoms with van der Waals surface area (Å²) in [5.41, 5.74) is 0. The predicted molar refractivity (Wildman–Crippen MR) is 50.3 cm³/mol. The van der Waals surface area contributed by atoms with Gasteiger partial charge in [0.2, 0.25) is 0 Å². The minimum atomic E-state index is -4.57. The molecular weight excluding hydrogens is 296 g/mol. The van der Waals surface area contributed by atoms with Crippen LogP contribution in [0.1, 0.15) is 11.9 Å². The van der Waals surface area contributed by atoms with E-state index in [1.54, 1.807) is 5.92 Å². The molecule has 0 fully saturated rings. The van der Waals surface area contributed by atoms with E-state index in [9.17, 15) is 22.7 Å². The van der Waals surface area contributed by atoms with Crippen molar-refractivity contribution in [2.24, 2.45) is 0 Å². The molecule has 0 bridgehead atoms. The Morgan fingerprint density at radius 1 is 1.38 bits per heavy atom. The smallest absolute Gasteiger partial charge is 0.380 e. The molecule has 1 N–H and O–H groups in total. The first-order valence-corrected chi connectivity index (χ1v) is 4.72. The van der Waals surface area contributed by atoms with Crippen molar-refractivity contribution in [2.75, 3.05) is 0 Å². The fraction of sp³-hybridized carbons (Fsp3) is 0.333. The van der Waals surface area contributed by atoms with Crippen LogP contribution in [0.15, 0.2) is 22.8 Å². The molecule has 0 radical (unpaired) electrons. The molecule has 1 aromatic heterocycles. The Labute approximate surface area is 96.4 Å². The number of halogens is 5. The van der Waals surface area contributed by atoms with Gasteiger partial charge in [-0.3, -0.25) is 0 Å². The molecule has 7 heteroatoms. The normalized spacial score (nSPS) is 14.1. The molecule has 2 nitrogen and oxygen atoms in total. The second-order valence-corrected chi connectivity index (χ2v) is 3.76. The number of aliphatic hydroxyl groups is 1. The summed E-state index contributed by atoms with van der Waals surface area (Å²) in [7, 11) is 0. The molecular formula is C9H5BrF4O2. The number of hydrogen-bond donors (Lipinski definition) is 1. The second kappa shape index (κ2) is 4.47. The van der Waals surface area contributed by atoms with Crippen LogP contribution in [0, 0.1) is 11.8 Å². The van der Waals surface area contributed by atoms with Crippen LogP contribution in [-0.4, -0.2) is 15.9 Å². The van der Waals surface area contributed by atoms with Crippen LogP contribution in [-0.2, 0) is 0 Å². The Hall–Kier alpha value is -1.00. The summed E-state index contributed by atoms with van der Waals surface area (Å²) < 4.78 is 54.4. The maximum atomic E-state index is 12.6. The lowest BCUT2D eigenvalue weighted by molar-refractivity contribution is -0.104. The van der Waals surface area contributed by atoms with Crippen molar-refractivity contribution in [2.45, 2.75) is 16.9 Å². The monoisotopic (exact) mass is 300 g/mol. The highest BCUT2D eigenvalue weighted by Crippen LogP contribution is 2.38. The minimum absolute atomic E-state index is 0.0961. The van der Waals surface area contributed by atoms with Gasteiger partial charge in [0.05, 0.1) is 6.26 Å². The van der Waals surface area contributed by atoms with E-state index in [0.29, 0.717) is 0 Å². The van der Waals surface area contributed by atoms with Crippen molar-refractivity contribution in [1.82, 2.24) is 0 Å². The van der Waals surface area contributed by atoms with E-state index in [2.05, 4.69) is 4.42 Å². The Bertz CT molecular complexity index is 399. The van der Waals surface area contributed by atoms with E-state index < -0.39 is 16.9 Å². The highest BCUT2D eigenvalue weighted by atomic mass is 79.9. The zero-order valence-corrected chi connectivity index (χ0v) is 9.14. The largest absolute Gasteiger partial charge is 0.466 e. The maximum Gasteiger partial charge on any atom is 0.380 e. The van der Waals surface area contributed by atoms with Crippen LogP contribution < -0.4 is 0 Å². The van der Waals surface area contributed by atoms with Gasteiger partial charge in [-0.05, 0) is 34.0 Å². The van der Waals surface area contributed by atoms with E-state index in [1.807, 2.05) is 0 Å². The van der Waals surface area contributed by atoms with Crippen molar-refractivity contribution in [1.29, 1.82) is 0 Å². The predicted octanol–water partition coefficient (Wildman–Crippen LogP) is 2.94. The average Bonchev–Trinajstić information content (AvgIpc) is 2.65. The Kier molecular flexibility index (Phi) is 3.65. The number of rotatable bonds is 2. The van der Waals surface area contributed by atoms with E-state index in [-0.39, 0.29) is 5.76 Å². The molecule has 0 aromatic carbocycles. The molecule has 1 rings (SSSR count). The lowest BCUT2D eigenvalue weighted by atomic mass is 10.2. The fourth-order valence-corrected chi connectivity index (χ4v) is 0.847. The van der Waals surface area contributed by atoms with Gasteiger partial charge in [0.25, 0.3) is 0 Å². The van der Waals surface area contributed by atoms with E-state index in [1.165, 1.54) is 34.3 Å². The topological polar surface area (TPSA) is 33.4 Å². The lowest BCUT2D eigenvalue weighted by Gasteiger charge is -2.15. The van der Waals surface area contributed by atoms with Gasteiger partial charge in [-0.15, -0.1) is 0 Å². The Balaban J connectivity index is 2.82. The molecule has 0 saturated carbocycles. The van der Waals surface area contributed by atoms with E-state index in [4.69, 9.17) is 0 Å². The van der Waals surface area contributed by atoms with Gasteiger partial charge in [-0.2, -0.15) is 17.6 Å². The Morgan fingerprint density at radius 3 is 2.44 bits per heavy atom. The average molecular weight is 301 g/mol. The summed E-state index contributed by atoms with van der Waals surface area (Å²) >= 11 is 1.51. The molecule has 16 heavy (non-hydrogen) atoms. The zero-order valence-electron chi connectivity index (χ0n) is 7.55. The molecule has 0 aliphatic heterocycles. The molecule has 0 aliphatic rings. The summed E-state index contributed by atoms with van der Waals surface area (Å²) in [5.74, 6) is -2.08. The number of furan rings is 1. The van der Waals surface area contributed by atoms with Crippen molar-refractivity contribution in [3.63, 3.8) is 0 Å². The van der Waals surface area contributed by atoms with Crippen LogP contribution in [0.4, 0.5) is 17.6 Å². The zero-order chi connectivity index (χ0) is 12.4. The molecule has 0 saturated heterocycles. The standard InChI is InChI=1S/C9H5BrF4O2/c10-9(13,14)8(11,12)4-3-6(15)7-2-1-5-16-7/h1-2,5-6,15H. The first-order valence-electron chi connectivity index (χ1n) is 3.93. The van der Waals surface area contributed by atoms with Crippen LogP contribution in [0.5, 0.6) is 0 Å². The summed E-state index contributed by atoms with van der Waals surface area (Å²) in [6.45, 7) is 0. The number of alkyl halides is 5. The van der Waals surface area contributed by atoms with Crippen LogP contribution >= 0.6 is 15.9 Å². The van der Waals surface area contributed by atoms with Crippen molar-refractivity contribution in [3.05, 3.63) is 24.2 Å². The van der Waals surface area contributed by atoms with Crippen LogP contribution in [0.25, 0.3) is 0 Å². The van der Waals surface area contributed by atoms with Crippen molar-refractivity contribution >= 4 is 15.9 Å². The minimum Gasteiger partial charge on any atom is -0.466 e. The van der Waals surface area contributed by atoms with Gasteiger partial charge < -0.3 is 9.52 Å². The third-order valence-corrected chi connectivity index (χ3v) is 2.03. The van der Waals surface area contributed by atoms with Crippen LogP contribution in [0.2, 0.25) is 0 Å². The first kappa shape index (κ1) is 13.1. The van der Waals surface area contributed by atoms with E-state index in [0.717, 1.165) is 5.92 Å². The highest BCUT2D eigenvalue weighted by molar-refractivity contribution is 9.10. The SMILES string of the molecule is OC(C#CC(F)(F)C(F)(F)Br)c1ccco1. The quantitative estimate of drug-likeness (QED) is 0.517. The van der Waals surface area contributed by atoms with Gasteiger partial charge in [-0.1, -0.05) is 5.92 Å². The third-order valence-electron chi connectivity index (χ3n) is 1.53. The summed E-state index contributed by atoms with van der Waals surface area (Å²) in [5, 5.41) is 9.18. The van der Waals surface area contributed by atoms with Gasteiger partial charge in [0, 0.05) is 0 Å². The van der Waals surface area contributed by atoms with Crippen molar-refractivity contribution < 1.29 is 27.1 Å². The van der Waals surface area contributed by atoms with Gasteiger partial charge in [-0.25, -0.2) is 0 Å². The third kappa shape index (κ3) is 3.00. The molecule has 0 aliphatic carbocycles. The second-order valence-electron chi connectivity index (χ2n) is 2.76.